The highest BCUT2D eigenvalue weighted by atomic mass is 19.1. The molecule has 2 rings (SSSR count). The summed E-state index contributed by atoms with van der Waals surface area (Å²) >= 11 is 0. The SMILES string of the molecule is CCOc1ccc(NCc2cccnc2)cc1F. The molecule has 18 heavy (non-hydrogen) atoms. The van der Waals surface area contributed by atoms with Crippen LogP contribution in [-0.4, -0.2) is 11.6 Å². The molecule has 0 spiro atoms. The van der Waals surface area contributed by atoms with E-state index in [9.17, 15) is 4.39 Å². The summed E-state index contributed by atoms with van der Waals surface area (Å²) in [5.41, 5.74) is 1.77. The van der Waals surface area contributed by atoms with Crippen molar-refractivity contribution in [1.29, 1.82) is 0 Å². The molecule has 1 aromatic carbocycles. The number of nitrogens with zero attached hydrogens (tertiary/aromatic N) is 1. The minimum atomic E-state index is -0.354. The summed E-state index contributed by atoms with van der Waals surface area (Å²) in [5.74, 6) is -0.0718. The zero-order valence-electron chi connectivity index (χ0n) is 10.2. The number of hydrogen-bond acceptors (Lipinski definition) is 3. The predicted octanol–water partition coefficient (Wildman–Crippen LogP) is 3.23. The van der Waals surface area contributed by atoms with Crippen molar-refractivity contribution < 1.29 is 9.13 Å². The van der Waals surface area contributed by atoms with E-state index in [2.05, 4.69) is 10.3 Å². The van der Waals surface area contributed by atoms with Gasteiger partial charge in [0.1, 0.15) is 0 Å². The fourth-order valence-electron chi connectivity index (χ4n) is 1.59. The van der Waals surface area contributed by atoms with E-state index in [1.807, 2.05) is 19.1 Å². The lowest BCUT2D eigenvalue weighted by Crippen LogP contribution is -2.01. The molecule has 4 heteroatoms. The van der Waals surface area contributed by atoms with Gasteiger partial charge in [-0.15, -0.1) is 0 Å². The molecule has 1 N–H and O–H groups in total. The van der Waals surface area contributed by atoms with Crippen molar-refractivity contribution in [2.45, 2.75) is 13.5 Å². The van der Waals surface area contributed by atoms with Crippen LogP contribution in [0.15, 0.2) is 42.7 Å². The van der Waals surface area contributed by atoms with Crippen LogP contribution in [0.3, 0.4) is 0 Å². The van der Waals surface area contributed by atoms with Gasteiger partial charge in [0.25, 0.3) is 0 Å². The lowest BCUT2D eigenvalue weighted by Gasteiger charge is -2.09. The van der Waals surface area contributed by atoms with Gasteiger partial charge in [0.15, 0.2) is 11.6 Å². The zero-order valence-corrected chi connectivity index (χ0v) is 10.2. The van der Waals surface area contributed by atoms with Crippen LogP contribution in [0.4, 0.5) is 10.1 Å². The Balaban J connectivity index is 2.00. The highest BCUT2D eigenvalue weighted by molar-refractivity contribution is 5.47. The van der Waals surface area contributed by atoms with Crippen LogP contribution >= 0.6 is 0 Å². The Hall–Kier alpha value is -2.10. The van der Waals surface area contributed by atoms with Gasteiger partial charge in [-0.3, -0.25) is 4.98 Å². The number of nitrogens with one attached hydrogen (secondary N) is 1. The van der Waals surface area contributed by atoms with Crippen molar-refractivity contribution in [3.8, 4) is 5.75 Å². The van der Waals surface area contributed by atoms with Crippen LogP contribution in [0.25, 0.3) is 0 Å². The molecular formula is C14H15FN2O. The number of pyridine rings is 1. The topological polar surface area (TPSA) is 34.1 Å². The Labute approximate surface area is 106 Å². The summed E-state index contributed by atoms with van der Waals surface area (Å²) in [5, 5.41) is 3.14. The van der Waals surface area contributed by atoms with Crippen molar-refractivity contribution in [3.05, 3.63) is 54.1 Å². The third-order valence-electron chi connectivity index (χ3n) is 2.45. The third kappa shape index (κ3) is 3.20. The lowest BCUT2D eigenvalue weighted by atomic mass is 10.2. The van der Waals surface area contributed by atoms with E-state index in [1.165, 1.54) is 6.07 Å². The third-order valence-corrected chi connectivity index (χ3v) is 2.45. The monoisotopic (exact) mass is 246 g/mol. The molecule has 0 atom stereocenters. The van der Waals surface area contributed by atoms with Gasteiger partial charge in [-0.2, -0.15) is 0 Å². The molecule has 0 aliphatic heterocycles. The van der Waals surface area contributed by atoms with Crippen LogP contribution in [0, 0.1) is 5.82 Å². The summed E-state index contributed by atoms with van der Waals surface area (Å²) in [6, 6.07) is 8.69. The maximum Gasteiger partial charge on any atom is 0.167 e. The normalized spacial score (nSPS) is 10.1. The van der Waals surface area contributed by atoms with Gasteiger partial charge in [0.2, 0.25) is 0 Å². The van der Waals surface area contributed by atoms with E-state index < -0.39 is 0 Å². The zero-order chi connectivity index (χ0) is 12.8. The van der Waals surface area contributed by atoms with E-state index in [0.717, 1.165) is 11.3 Å². The van der Waals surface area contributed by atoms with E-state index in [1.54, 1.807) is 24.5 Å². The van der Waals surface area contributed by atoms with Gasteiger partial charge in [-0.1, -0.05) is 6.07 Å². The Kier molecular flexibility index (Phi) is 4.12. The van der Waals surface area contributed by atoms with Gasteiger partial charge in [0.05, 0.1) is 6.61 Å². The van der Waals surface area contributed by atoms with Gasteiger partial charge in [-0.25, -0.2) is 4.39 Å². The molecule has 0 amide bonds. The average Bonchev–Trinajstić information content (AvgIpc) is 2.41. The van der Waals surface area contributed by atoms with Crippen LogP contribution in [-0.2, 0) is 6.54 Å². The van der Waals surface area contributed by atoms with Crippen molar-refractivity contribution >= 4 is 5.69 Å². The van der Waals surface area contributed by atoms with Gasteiger partial charge in [-0.05, 0) is 30.7 Å². The van der Waals surface area contributed by atoms with Gasteiger partial charge >= 0.3 is 0 Å². The number of halogens is 1. The molecule has 0 radical (unpaired) electrons. The van der Waals surface area contributed by atoms with Crippen molar-refractivity contribution in [2.75, 3.05) is 11.9 Å². The largest absolute Gasteiger partial charge is 0.491 e. The summed E-state index contributed by atoms with van der Waals surface area (Å²) in [6.45, 7) is 2.90. The van der Waals surface area contributed by atoms with E-state index in [0.29, 0.717) is 13.2 Å². The molecule has 0 unspecified atom stereocenters. The highest BCUT2D eigenvalue weighted by Gasteiger charge is 2.03. The number of ether oxygens (including phenoxy) is 1. The Morgan fingerprint density at radius 1 is 1.33 bits per heavy atom. The van der Waals surface area contributed by atoms with E-state index >= 15 is 0 Å². The minimum absolute atomic E-state index is 0.282. The van der Waals surface area contributed by atoms with Crippen LogP contribution in [0.5, 0.6) is 5.75 Å². The molecule has 3 nitrogen and oxygen atoms in total. The molecular weight excluding hydrogens is 231 g/mol. The first-order chi connectivity index (χ1) is 8.79. The van der Waals surface area contributed by atoms with E-state index in [4.69, 9.17) is 4.74 Å². The summed E-state index contributed by atoms with van der Waals surface area (Å²) < 4.78 is 18.7. The maximum absolute atomic E-state index is 13.6. The second-order valence-corrected chi connectivity index (χ2v) is 3.79. The quantitative estimate of drug-likeness (QED) is 0.879. The second kappa shape index (κ2) is 6.00. The summed E-state index contributed by atoms with van der Waals surface area (Å²) in [7, 11) is 0. The Morgan fingerprint density at radius 2 is 2.22 bits per heavy atom. The van der Waals surface area contributed by atoms with Crippen LogP contribution in [0.1, 0.15) is 12.5 Å². The molecule has 0 saturated carbocycles. The molecule has 94 valence electrons. The van der Waals surface area contributed by atoms with Gasteiger partial charge in [0, 0.05) is 30.7 Å². The molecule has 0 aliphatic rings. The highest BCUT2D eigenvalue weighted by Crippen LogP contribution is 2.21. The fraction of sp³-hybridized carbons (Fsp3) is 0.214. The second-order valence-electron chi connectivity index (χ2n) is 3.79. The molecule has 0 aliphatic carbocycles. The van der Waals surface area contributed by atoms with Crippen molar-refractivity contribution in [1.82, 2.24) is 4.98 Å². The summed E-state index contributed by atoms with van der Waals surface area (Å²) in [4.78, 5) is 4.02. The standard InChI is InChI=1S/C14H15FN2O/c1-2-18-14-6-5-12(8-13(14)15)17-10-11-4-3-7-16-9-11/h3-9,17H,2,10H2,1H3. The smallest absolute Gasteiger partial charge is 0.167 e. The number of benzene rings is 1. The van der Waals surface area contributed by atoms with Crippen LogP contribution < -0.4 is 10.1 Å². The molecule has 2 aromatic rings. The summed E-state index contributed by atoms with van der Waals surface area (Å²) in [6.07, 6.45) is 3.50. The maximum atomic E-state index is 13.6. The fourth-order valence-corrected chi connectivity index (χ4v) is 1.59. The van der Waals surface area contributed by atoms with Crippen molar-refractivity contribution in [3.63, 3.8) is 0 Å². The Bertz CT molecular complexity index is 502. The predicted molar refractivity (Wildman–Crippen MR) is 69.1 cm³/mol. The minimum Gasteiger partial charge on any atom is -0.491 e. The lowest BCUT2D eigenvalue weighted by molar-refractivity contribution is 0.321. The van der Waals surface area contributed by atoms with Crippen molar-refractivity contribution in [2.24, 2.45) is 0 Å². The molecule has 1 heterocycles. The first-order valence-corrected chi connectivity index (χ1v) is 5.84. The number of hydrogen-bond donors (Lipinski definition) is 1. The van der Waals surface area contributed by atoms with E-state index in [-0.39, 0.29) is 11.6 Å². The first-order valence-electron chi connectivity index (χ1n) is 5.84. The number of aromatic nitrogens is 1. The first kappa shape index (κ1) is 12.4. The van der Waals surface area contributed by atoms with Gasteiger partial charge < -0.3 is 10.1 Å². The molecule has 1 aromatic heterocycles. The molecule has 0 bridgehead atoms. The molecule has 0 fully saturated rings. The number of rotatable bonds is 5. The average molecular weight is 246 g/mol. The molecule has 0 saturated heterocycles. The Morgan fingerprint density at radius 3 is 2.89 bits per heavy atom. The van der Waals surface area contributed by atoms with Crippen LogP contribution in [0.2, 0.25) is 0 Å². The number of anilines is 1.